The highest BCUT2D eigenvalue weighted by Gasteiger charge is 2.36. The number of aryl methyl sites for hydroxylation is 1. The lowest BCUT2D eigenvalue weighted by Gasteiger charge is -2.36. The third-order valence-electron chi connectivity index (χ3n) is 3.38. The van der Waals surface area contributed by atoms with Crippen molar-refractivity contribution in [3.8, 4) is 0 Å². The van der Waals surface area contributed by atoms with Gasteiger partial charge >= 0.3 is 0 Å². The molecule has 0 bridgehead atoms. The average molecular weight is 291 g/mol. The van der Waals surface area contributed by atoms with Crippen LogP contribution in [0.5, 0.6) is 0 Å². The predicted molar refractivity (Wildman–Crippen MR) is 65.1 cm³/mol. The molecule has 0 aromatic heterocycles. The quantitative estimate of drug-likeness (QED) is 0.882. The molecule has 4 nitrogen and oxygen atoms in total. The summed E-state index contributed by atoms with van der Waals surface area (Å²) in [5, 5.41) is 9.79. The number of aliphatic hydroxyl groups is 1. The van der Waals surface area contributed by atoms with Crippen LogP contribution in [0.25, 0.3) is 0 Å². The molecule has 106 valence electrons. The second-order valence-corrected chi connectivity index (χ2v) is 6.67. The number of hydrogen-bond donors (Lipinski definition) is 2. The predicted octanol–water partition coefficient (Wildman–Crippen LogP) is 1.47. The van der Waals surface area contributed by atoms with Crippen molar-refractivity contribution in [2.75, 3.05) is 6.54 Å². The van der Waals surface area contributed by atoms with Gasteiger partial charge in [0.25, 0.3) is 0 Å². The van der Waals surface area contributed by atoms with Crippen molar-refractivity contribution in [2.45, 2.75) is 36.7 Å². The summed E-state index contributed by atoms with van der Waals surface area (Å²) in [6.07, 6.45) is 1.83. The van der Waals surface area contributed by atoms with Crippen LogP contribution in [0.2, 0.25) is 0 Å². The molecule has 0 amide bonds. The fraction of sp³-hybridized carbons (Fsp3) is 0.500. The Balaban J connectivity index is 2.22. The topological polar surface area (TPSA) is 66.4 Å². The van der Waals surface area contributed by atoms with Crippen molar-refractivity contribution in [2.24, 2.45) is 0 Å². The van der Waals surface area contributed by atoms with E-state index < -0.39 is 32.2 Å². The van der Waals surface area contributed by atoms with Crippen LogP contribution in [0, 0.1) is 18.6 Å². The Morgan fingerprint density at radius 2 is 1.95 bits per heavy atom. The van der Waals surface area contributed by atoms with E-state index in [1.165, 1.54) is 6.92 Å². The number of benzene rings is 1. The molecule has 0 spiro atoms. The molecular formula is C12H15F2NO3S. The largest absolute Gasteiger partial charge is 0.389 e. The van der Waals surface area contributed by atoms with Crippen LogP contribution in [-0.2, 0) is 10.0 Å². The highest BCUT2D eigenvalue weighted by Crippen LogP contribution is 2.31. The van der Waals surface area contributed by atoms with Crippen LogP contribution < -0.4 is 4.72 Å². The fourth-order valence-electron chi connectivity index (χ4n) is 1.90. The zero-order valence-corrected chi connectivity index (χ0v) is 11.2. The van der Waals surface area contributed by atoms with E-state index in [0.29, 0.717) is 18.9 Å². The molecule has 19 heavy (non-hydrogen) atoms. The Kier molecular flexibility index (Phi) is 3.63. The van der Waals surface area contributed by atoms with Gasteiger partial charge in [0, 0.05) is 6.54 Å². The lowest BCUT2D eigenvalue weighted by atomic mass is 9.81. The molecule has 0 heterocycles. The second-order valence-electron chi connectivity index (χ2n) is 4.93. The maximum atomic E-state index is 13.6. The molecule has 0 atom stereocenters. The van der Waals surface area contributed by atoms with Gasteiger partial charge < -0.3 is 5.11 Å². The maximum absolute atomic E-state index is 13.6. The molecule has 1 aliphatic rings. The van der Waals surface area contributed by atoms with Gasteiger partial charge in [-0.05, 0) is 43.9 Å². The molecule has 1 aliphatic carbocycles. The van der Waals surface area contributed by atoms with E-state index in [9.17, 15) is 22.3 Å². The molecule has 1 aromatic carbocycles. The van der Waals surface area contributed by atoms with Gasteiger partial charge in [0.15, 0.2) is 0 Å². The van der Waals surface area contributed by atoms with E-state index in [1.807, 2.05) is 0 Å². The summed E-state index contributed by atoms with van der Waals surface area (Å²) in [5.74, 6) is -1.80. The van der Waals surface area contributed by atoms with Gasteiger partial charge in [-0.25, -0.2) is 21.9 Å². The highest BCUT2D eigenvalue weighted by atomic mass is 32.2. The highest BCUT2D eigenvalue weighted by molar-refractivity contribution is 7.89. The lowest BCUT2D eigenvalue weighted by Crippen LogP contribution is -2.47. The van der Waals surface area contributed by atoms with Gasteiger partial charge in [0.05, 0.1) is 5.60 Å². The molecule has 1 aromatic rings. The summed E-state index contributed by atoms with van der Waals surface area (Å²) >= 11 is 0. The fourth-order valence-corrected chi connectivity index (χ4v) is 3.09. The zero-order valence-electron chi connectivity index (χ0n) is 10.4. The Hall–Kier alpha value is -1.05. The van der Waals surface area contributed by atoms with E-state index in [1.54, 1.807) is 0 Å². The molecule has 0 radical (unpaired) electrons. The molecule has 1 fully saturated rings. The smallest absolute Gasteiger partial charge is 0.243 e. The Morgan fingerprint density at radius 3 is 2.47 bits per heavy atom. The molecular weight excluding hydrogens is 276 g/mol. The third kappa shape index (κ3) is 2.93. The lowest BCUT2D eigenvalue weighted by molar-refractivity contribution is -0.0271. The van der Waals surface area contributed by atoms with Crippen LogP contribution in [0.1, 0.15) is 24.8 Å². The van der Waals surface area contributed by atoms with E-state index in [2.05, 4.69) is 4.72 Å². The normalized spacial score (nSPS) is 18.1. The minimum Gasteiger partial charge on any atom is -0.389 e. The van der Waals surface area contributed by atoms with E-state index in [4.69, 9.17) is 0 Å². The molecule has 1 saturated carbocycles. The third-order valence-corrected chi connectivity index (χ3v) is 4.79. The van der Waals surface area contributed by atoms with Gasteiger partial charge in [-0.2, -0.15) is 0 Å². The first kappa shape index (κ1) is 14.4. The summed E-state index contributed by atoms with van der Waals surface area (Å²) in [6.45, 7) is 1.16. The molecule has 0 unspecified atom stereocenters. The molecule has 0 saturated heterocycles. The average Bonchev–Trinajstić information content (AvgIpc) is 2.28. The van der Waals surface area contributed by atoms with Gasteiger partial charge in [-0.3, -0.25) is 0 Å². The Bertz CT molecular complexity index is 597. The first-order valence-electron chi connectivity index (χ1n) is 5.91. The number of sulfonamides is 1. The van der Waals surface area contributed by atoms with Crippen molar-refractivity contribution in [1.29, 1.82) is 0 Å². The van der Waals surface area contributed by atoms with Crippen LogP contribution in [0.3, 0.4) is 0 Å². The van der Waals surface area contributed by atoms with Gasteiger partial charge in [-0.15, -0.1) is 0 Å². The van der Waals surface area contributed by atoms with Gasteiger partial charge in [0.1, 0.15) is 16.5 Å². The van der Waals surface area contributed by atoms with E-state index in [0.717, 1.165) is 12.5 Å². The van der Waals surface area contributed by atoms with Crippen LogP contribution in [-0.4, -0.2) is 25.7 Å². The Morgan fingerprint density at radius 1 is 1.32 bits per heavy atom. The first-order chi connectivity index (χ1) is 8.73. The standard InChI is InChI=1S/C12H15F2NO3S/c1-8-5-10(14)11(6-9(8)13)19(17,18)15-7-12(16)3-2-4-12/h5-6,15-16H,2-4,7H2,1H3. The van der Waals surface area contributed by atoms with Crippen LogP contribution in [0.4, 0.5) is 8.78 Å². The summed E-state index contributed by atoms with van der Waals surface area (Å²) in [7, 11) is -4.16. The van der Waals surface area contributed by atoms with E-state index >= 15 is 0 Å². The maximum Gasteiger partial charge on any atom is 0.243 e. The summed E-state index contributed by atoms with van der Waals surface area (Å²) in [5.41, 5.74) is -1.03. The monoisotopic (exact) mass is 291 g/mol. The zero-order chi connectivity index (χ0) is 14.3. The molecule has 7 heteroatoms. The van der Waals surface area contributed by atoms with Crippen molar-refractivity contribution < 1.29 is 22.3 Å². The minimum atomic E-state index is -4.16. The number of halogens is 2. The van der Waals surface area contributed by atoms with Gasteiger partial charge in [0.2, 0.25) is 10.0 Å². The SMILES string of the molecule is Cc1cc(F)c(S(=O)(=O)NCC2(O)CCC2)cc1F. The molecule has 2 rings (SSSR count). The van der Waals surface area contributed by atoms with Crippen LogP contribution in [0.15, 0.2) is 17.0 Å². The Labute approximate surface area is 110 Å². The number of nitrogens with one attached hydrogen (secondary N) is 1. The summed E-state index contributed by atoms with van der Waals surface area (Å²) in [6, 6.07) is 1.49. The number of hydrogen-bond acceptors (Lipinski definition) is 3. The van der Waals surface area contributed by atoms with Crippen molar-refractivity contribution in [3.63, 3.8) is 0 Å². The first-order valence-corrected chi connectivity index (χ1v) is 7.40. The number of rotatable bonds is 4. The van der Waals surface area contributed by atoms with Gasteiger partial charge in [-0.1, -0.05) is 0 Å². The van der Waals surface area contributed by atoms with Crippen LogP contribution >= 0.6 is 0 Å². The van der Waals surface area contributed by atoms with Crippen molar-refractivity contribution in [3.05, 3.63) is 29.3 Å². The second kappa shape index (κ2) is 4.81. The summed E-state index contributed by atoms with van der Waals surface area (Å²) < 4.78 is 52.8. The molecule has 0 aliphatic heterocycles. The van der Waals surface area contributed by atoms with E-state index in [-0.39, 0.29) is 12.1 Å². The van der Waals surface area contributed by atoms with Crippen molar-refractivity contribution in [1.82, 2.24) is 4.72 Å². The minimum absolute atomic E-state index is 0.0362. The summed E-state index contributed by atoms with van der Waals surface area (Å²) in [4.78, 5) is -0.737. The van der Waals surface area contributed by atoms with Crippen molar-refractivity contribution >= 4 is 10.0 Å². The molecule has 2 N–H and O–H groups in total.